The largest absolute Gasteiger partial charge is 0.483 e. The Kier molecular flexibility index (Phi) is 4.59. The van der Waals surface area contributed by atoms with Crippen molar-refractivity contribution in [2.45, 2.75) is 62.7 Å². The van der Waals surface area contributed by atoms with Crippen LogP contribution in [0.4, 0.5) is 5.69 Å². The number of anilines is 1. The van der Waals surface area contributed by atoms with E-state index in [0.717, 1.165) is 43.7 Å². The molecule has 1 amide bonds. The Balaban J connectivity index is 1.63. The smallest absolute Gasteiger partial charge is 0.303 e. The molecule has 0 unspecified atom stereocenters. The van der Waals surface area contributed by atoms with E-state index in [1.54, 1.807) is 0 Å². The van der Waals surface area contributed by atoms with Gasteiger partial charge in [0.1, 0.15) is 18.0 Å². The quantitative estimate of drug-likeness (QED) is 0.583. The van der Waals surface area contributed by atoms with Gasteiger partial charge in [0.2, 0.25) is 5.91 Å². The van der Waals surface area contributed by atoms with Crippen molar-refractivity contribution in [3.63, 3.8) is 0 Å². The van der Waals surface area contributed by atoms with Crippen molar-refractivity contribution in [2.75, 3.05) is 24.7 Å². The molecule has 2 bridgehead atoms. The van der Waals surface area contributed by atoms with Gasteiger partial charge in [-0.05, 0) is 62.6 Å². The number of ether oxygens (including phenoxy) is 2. The number of likely N-dealkylation sites (N-methyl/N-ethyl adjacent to an activating group) is 1. The van der Waals surface area contributed by atoms with Gasteiger partial charge >= 0.3 is 5.97 Å². The second kappa shape index (κ2) is 6.91. The lowest BCUT2D eigenvalue weighted by molar-refractivity contribution is -0.163. The van der Waals surface area contributed by atoms with Gasteiger partial charge in [-0.15, -0.1) is 0 Å². The molecule has 5 rings (SSSR count). The molecule has 5 atom stereocenters. The minimum Gasteiger partial charge on any atom is -0.483 e. The summed E-state index contributed by atoms with van der Waals surface area (Å²) in [6, 6.07) is 4.60. The highest BCUT2D eigenvalue weighted by atomic mass is 32.1. The van der Waals surface area contributed by atoms with Gasteiger partial charge in [-0.25, -0.2) is 0 Å². The van der Waals surface area contributed by atoms with Crippen molar-refractivity contribution in [2.24, 2.45) is 5.92 Å². The summed E-state index contributed by atoms with van der Waals surface area (Å²) in [5.41, 5.74) is 3.17. The van der Waals surface area contributed by atoms with E-state index in [9.17, 15) is 9.59 Å². The Hall–Kier alpha value is -1.73. The number of likely N-dealkylation sites (tertiary alicyclic amines) is 1. The van der Waals surface area contributed by atoms with Crippen molar-refractivity contribution in [3.05, 3.63) is 23.3 Å². The molecular weight excluding hydrogens is 388 g/mol. The Bertz CT molecular complexity index is 875. The Morgan fingerprint density at radius 2 is 2.21 bits per heavy atom. The number of rotatable bonds is 4. The number of amides is 1. The zero-order valence-corrected chi connectivity index (χ0v) is 17.8. The molecule has 6 nitrogen and oxygen atoms in total. The summed E-state index contributed by atoms with van der Waals surface area (Å²) in [6.45, 7) is 2.47. The maximum absolute atomic E-state index is 12.3. The predicted molar refractivity (Wildman–Crippen MR) is 113 cm³/mol. The lowest BCUT2D eigenvalue weighted by Crippen LogP contribution is -2.66. The maximum atomic E-state index is 12.3. The number of hydrogen-bond donors (Lipinski definition) is 2. The molecule has 2 aliphatic carbocycles. The van der Waals surface area contributed by atoms with Crippen LogP contribution >= 0.6 is 12.6 Å². The zero-order valence-electron chi connectivity index (χ0n) is 16.9. The van der Waals surface area contributed by atoms with Crippen LogP contribution in [0.3, 0.4) is 0 Å². The molecule has 156 valence electrons. The van der Waals surface area contributed by atoms with Crippen LogP contribution in [0, 0.1) is 5.92 Å². The molecule has 4 aliphatic rings. The second-order valence-electron chi connectivity index (χ2n) is 8.91. The zero-order chi connectivity index (χ0) is 20.3. The number of nitrogens with one attached hydrogen (secondary N) is 1. The molecule has 0 radical (unpaired) electrons. The minimum atomic E-state index is -0.257. The summed E-state index contributed by atoms with van der Waals surface area (Å²) in [7, 11) is 2.22. The van der Waals surface area contributed by atoms with Gasteiger partial charge in [-0.3, -0.25) is 9.59 Å². The number of nitrogens with zero attached hydrogens (tertiary/aromatic N) is 1. The summed E-state index contributed by atoms with van der Waals surface area (Å²) < 4.78 is 12.4. The van der Waals surface area contributed by atoms with E-state index in [-0.39, 0.29) is 29.5 Å². The van der Waals surface area contributed by atoms with Crippen molar-refractivity contribution in [3.8, 4) is 5.75 Å². The number of benzene rings is 1. The van der Waals surface area contributed by atoms with E-state index < -0.39 is 0 Å². The first-order valence-corrected chi connectivity index (χ1v) is 11.2. The van der Waals surface area contributed by atoms with E-state index in [2.05, 4.69) is 36.0 Å². The molecule has 1 spiro atoms. The molecule has 29 heavy (non-hydrogen) atoms. The fraction of sp³-hybridized carbons (Fsp3) is 0.636. The third-order valence-corrected chi connectivity index (χ3v) is 7.72. The highest BCUT2D eigenvalue weighted by Gasteiger charge is 2.66. The standard InChI is InChI=1S/C22H28N2O4S/c1-12(25)27-17-6-4-14-16-11-13-3-5-15(23-18(26)7-10-29)20-19(13)22(14,21(17)28-20)8-9-24(16)2/h3,5,14,16-17,21,29H,4,6-11H2,1-2H3,(H,23,26)/t14-,16+,17-,21-,22-/m0/s1. The maximum Gasteiger partial charge on any atom is 0.303 e. The van der Waals surface area contributed by atoms with Gasteiger partial charge in [0.25, 0.3) is 0 Å². The number of thiol groups is 1. The second-order valence-corrected chi connectivity index (χ2v) is 9.36. The lowest BCUT2D eigenvalue weighted by Gasteiger charge is -2.58. The van der Waals surface area contributed by atoms with Gasteiger partial charge in [0.05, 0.1) is 5.69 Å². The summed E-state index contributed by atoms with van der Waals surface area (Å²) in [5.74, 6) is 1.47. The first kappa shape index (κ1) is 19.2. The number of carbonyl (C=O) groups excluding carboxylic acids is 2. The normalized spacial score (nSPS) is 34.2. The van der Waals surface area contributed by atoms with Crippen LogP contribution in [0.25, 0.3) is 0 Å². The Labute approximate surface area is 176 Å². The monoisotopic (exact) mass is 416 g/mol. The summed E-state index contributed by atoms with van der Waals surface area (Å²) in [5, 5.41) is 3.02. The van der Waals surface area contributed by atoms with E-state index in [1.807, 2.05) is 6.07 Å². The Morgan fingerprint density at radius 3 is 2.97 bits per heavy atom. The van der Waals surface area contributed by atoms with Crippen LogP contribution in [-0.4, -0.2) is 54.4 Å². The van der Waals surface area contributed by atoms with Crippen LogP contribution in [-0.2, 0) is 26.2 Å². The first-order chi connectivity index (χ1) is 14.0. The van der Waals surface area contributed by atoms with Gasteiger partial charge in [0.15, 0.2) is 0 Å². The fourth-order valence-corrected chi connectivity index (χ4v) is 6.65. The van der Waals surface area contributed by atoms with E-state index in [4.69, 9.17) is 9.47 Å². The number of esters is 1. The molecule has 1 aromatic rings. The SMILES string of the molecule is CC(=O)O[C@H]1CC[C@H]2[C@H]3Cc4ccc(NC(=O)CCS)c5c4[C@@]2(CCN3C)[C@H]1O5. The number of hydrogen-bond acceptors (Lipinski definition) is 6. The Morgan fingerprint density at radius 1 is 1.38 bits per heavy atom. The summed E-state index contributed by atoms with van der Waals surface area (Å²) >= 11 is 4.16. The van der Waals surface area contributed by atoms with Crippen LogP contribution in [0.15, 0.2) is 12.1 Å². The van der Waals surface area contributed by atoms with Crippen molar-refractivity contribution in [1.82, 2.24) is 4.90 Å². The summed E-state index contributed by atoms with van der Waals surface area (Å²) in [4.78, 5) is 26.5. The highest BCUT2D eigenvalue weighted by Crippen LogP contribution is 2.63. The number of carbonyl (C=O) groups is 2. The molecule has 2 aliphatic heterocycles. The minimum absolute atomic E-state index is 0.0580. The van der Waals surface area contributed by atoms with Crippen molar-refractivity contribution in [1.29, 1.82) is 0 Å². The molecule has 7 heteroatoms. The third kappa shape index (κ3) is 2.73. The van der Waals surface area contributed by atoms with E-state index in [0.29, 0.717) is 24.1 Å². The van der Waals surface area contributed by atoms with Crippen LogP contribution < -0.4 is 10.1 Å². The first-order valence-electron chi connectivity index (χ1n) is 10.6. The predicted octanol–water partition coefficient (Wildman–Crippen LogP) is 2.55. The van der Waals surface area contributed by atoms with E-state index >= 15 is 0 Å². The average Bonchev–Trinajstić information content (AvgIpc) is 3.02. The van der Waals surface area contributed by atoms with Crippen LogP contribution in [0.5, 0.6) is 5.75 Å². The summed E-state index contributed by atoms with van der Waals surface area (Å²) in [6.07, 6.45) is 3.78. The van der Waals surface area contributed by atoms with Crippen molar-refractivity contribution >= 4 is 30.2 Å². The molecule has 1 aromatic carbocycles. The molecule has 1 N–H and O–H groups in total. The third-order valence-electron chi connectivity index (χ3n) is 7.49. The molecule has 1 saturated heterocycles. The van der Waals surface area contributed by atoms with Gasteiger partial charge in [-0.2, -0.15) is 12.6 Å². The molecule has 0 aromatic heterocycles. The van der Waals surface area contributed by atoms with Crippen LogP contribution in [0.1, 0.15) is 43.7 Å². The van der Waals surface area contributed by atoms with Gasteiger partial charge in [0, 0.05) is 30.4 Å². The van der Waals surface area contributed by atoms with Gasteiger partial charge in [-0.1, -0.05) is 6.07 Å². The molecular formula is C22H28N2O4S. The molecule has 2 fully saturated rings. The topological polar surface area (TPSA) is 67.9 Å². The average molecular weight is 417 g/mol. The highest BCUT2D eigenvalue weighted by molar-refractivity contribution is 7.80. The molecule has 1 saturated carbocycles. The van der Waals surface area contributed by atoms with Crippen LogP contribution in [0.2, 0.25) is 0 Å². The lowest BCUT2D eigenvalue weighted by atomic mass is 9.51. The van der Waals surface area contributed by atoms with Crippen molar-refractivity contribution < 1.29 is 19.1 Å². The van der Waals surface area contributed by atoms with Gasteiger partial charge < -0.3 is 19.7 Å². The van der Waals surface area contributed by atoms with E-state index in [1.165, 1.54) is 18.1 Å². The fourth-order valence-electron chi connectivity index (χ4n) is 6.45. The number of piperidine rings is 1. The molecule has 2 heterocycles.